The Kier molecular flexibility index (Phi) is 5.76. The number of nitrogens with one attached hydrogen (secondary N) is 3. The predicted octanol–water partition coefficient (Wildman–Crippen LogP) is -1.81. The maximum Gasteiger partial charge on any atom is 0.241 e. The van der Waals surface area contributed by atoms with Crippen LogP contribution in [-0.2, 0) is 14.4 Å². The molecule has 2 rings (SSSR count). The number of rotatable bonds is 8. The topological polar surface area (TPSA) is 152 Å². The molecule has 0 aromatic carbocycles. The molecule has 2 aliphatic heterocycles. The lowest BCUT2D eigenvalue weighted by atomic mass is 9.77. The van der Waals surface area contributed by atoms with Gasteiger partial charge in [-0.25, -0.2) is 0 Å². The van der Waals surface area contributed by atoms with Crippen LogP contribution in [-0.4, -0.2) is 48.9 Å². The summed E-state index contributed by atoms with van der Waals surface area (Å²) in [7, 11) is 0. The van der Waals surface area contributed by atoms with Crippen molar-refractivity contribution in [2.24, 2.45) is 28.3 Å². The lowest BCUT2D eigenvalue weighted by Gasteiger charge is -2.32. The van der Waals surface area contributed by atoms with Crippen molar-refractivity contribution in [2.75, 3.05) is 19.6 Å². The van der Waals surface area contributed by atoms with Crippen LogP contribution >= 0.6 is 0 Å². The Balaban J connectivity index is 2.15. The van der Waals surface area contributed by atoms with Gasteiger partial charge in [0.2, 0.25) is 17.7 Å². The zero-order valence-corrected chi connectivity index (χ0v) is 13.9. The molecule has 2 aliphatic rings. The van der Waals surface area contributed by atoms with Crippen molar-refractivity contribution in [3.63, 3.8) is 0 Å². The fourth-order valence-electron chi connectivity index (χ4n) is 3.49. The van der Waals surface area contributed by atoms with Crippen LogP contribution in [0.4, 0.5) is 0 Å². The number of hydrogen-bond donors (Lipinski definition) is 5. The van der Waals surface area contributed by atoms with Gasteiger partial charge in [-0.05, 0) is 19.3 Å². The standard InChI is InChI=1S/C15H26N6O3/c1-2-3-6-18-13(24)15(5-4-7-19-14(16)17)10-9(8-20-15)11(22)21-12(10)23/h9-10,20H,2-8H2,1H3,(H,18,24)(H4,16,17,19)(H,21,22,23). The highest BCUT2D eigenvalue weighted by Crippen LogP contribution is 2.38. The number of aliphatic imine (C=N–C) groups is 1. The number of hydrogen-bond acceptors (Lipinski definition) is 5. The number of carbonyl (C=O) groups is 3. The van der Waals surface area contributed by atoms with Crippen molar-refractivity contribution in [3.05, 3.63) is 0 Å². The molecule has 3 unspecified atom stereocenters. The summed E-state index contributed by atoms with van der Waals surface area (Å²) in [5, 5.41) is 8.37. The van der Waals surface area contributed by atoms with Crippen LogP contribution in [0.3, 0.4) is 0 Å². The zero-order chi connectivity index (χ0) is 17.7. The average Bonchev–Trinajstić information content (AvgIpc) is 3.04. The van der Waals surface area contributed by atoms with Crippen LogP contribution in [0, 0.1) is 11.8 Å². The van der Waals surface area contributed by atoms with E-state index in [0.717, 1.165) is 12.8 Å². The van der Waals surface area contributed by atoms with Gasteiger partial charge in [-0.15, -0.1) is 0 Å². The Bertz CT molecular complexity index is 545. The molecule has 0 aromatic heterocycles. The van der Waals surface area contributed by atoms with Gasteiger partial charge in [0.05, 0.1) is 11.8 Å². The Morgan fingerprint density at radius 2 is 2.08 bits per heavy atom. The number of fused-ring (bicyclic) bond motifs is 1. The summed E-state index contributed by atoms with van der Waals surface area (Å²) in [6, 6.07) is 0. The molecule has 3 atom stereocenters. The minimum Gasteiger partial charge on any atom is -0.370 e. The van der Waals surface area contributed by atoms with Crippen molar-refractivity contribution in [1.29, 1.82) is 0 Å². The molecule has 9 heteroatoms. The van der Waals surface area contributed by atoms with Gasteiger partial charge in [-0.2, -0.15) is 0 Å². The first-order valence-corrected chi connectivity index (χ1v) is 8.35. The summed E-state index contributed by atoms with van der Waals surface area (Å²) < 4.78 is 0. The van der Waals surface area contributed by atoms with Crippen molar-refractivity contribution in [2.45, 2.75) is 38.1 Å². The first-order valence-electron chi connectivity index (χ1n) is 8.35. The van der Waals surface area contributed by atoms with Crippen LogP contribution in [0.15, 0.2) is 4.99 Å². The van der Waals surface area contributed by atoms with Crippen LogP contribution < -0.4 is 27.4 Å². The Morgan fingerprint density at radius 1 is 1.33 bits per heavy atom. The maximum atomic E-state index is 12.8. The summed E-state index contributed by atoms with van der Waals surface area (Å²) in [6.45, 7) is 3.25. The van der Waals surface area contributed by atoms with Gasteiger partial charge in [-0.3, -0.25) is 24.7 Å². The normalized spacial score (nSPS) is 28.4. The van der Waals surface area contributed by atoms with Crippen molar-refractivity contribution >= 4 is 23.7 Å². The molecular formula is C15H26N6O3. The lowest BCUT2D eigenvalue weighted by molar-refractivity contribution is -0.135. The van der Waals surface area contributed by atoms with Crippen LogP contribution in [0.5, 0.6) is 0 Å². The molecule has 24 heavy (non-hydrogen) atoms. The third kappa shape index (κ3) is 3.50. The number of unbranched alkanes of at least 4 members (excludes halogenated alkanes) is 1. The molecule has 0 radical (unpaired) electrons. The second kappa shape index (κ2) is 7.61. The minimum atomic E-state index is -1.09. The monoisotopic (exact) mass is 338 g/mol. The highest BCUT2D eigenvalue weighted by molar-refractivity contribution is 6.09. The summed E-state index contributed by atoms with van der Waals surface area (Å²) >= 11 is 0. The third-order valence-electron chi connectivity index (χ3n) is 4.68. The highest BCUT2D eigenvalue weighted by Gasteiger charge is 2.61. The number of nitrogens with zero attached hydrogens (tertiary/aromatic N) is 1. The van der Waals surface area contributed by atoms with Gasteiger partial charge < -0.3 is 22.1 Å². The Labute approximate surface area is 141 Å². The van der Waals surface area contributed by atoms with E-state index >= 15 is 0 Å². The third-order valence-corrected chi connectivity index (χ3v) is 4.68. The van der Waals surface area contributed by atoms with Crippen LogP contribution in [0.25, 0.3) is 0 Å². The van der Waals surface area contributed by atoms with Gasteiger partial charge in [0.1, 0.15) is 5.54 Å². The smallest absolute Gasteiger partial charge is 0.241 e. The SMILES string of the molecule is CCCCNC(=O)C1(CCCN=C(N)N)NCC2C(=O)NC(=O)C21. The number of guanidine groups is 1. The van der Waals surface area contributed by atoms with Gasteiger partial charge >= 0.3 is 0 Å². The summed E-state index contributed by atoms with van der Waals surface area (Å²) in [5.74, 6) is -2.14. The van der Waals surface area contributed by atoms with E-state index in [0.29, 0.717) is 32.5 Å². The molecule has 0 bridgehead atoms. The Hall–Kier alpha value is -2.16. The van der Waals surface area contributed by atoms with E-state index in [9.17, 15) is 14.4 Å². The Morgan fingerprint density at radius 3 is 2.75 bits per heavy atom. The average molecular weight is 338 g/mol. The van der Waals surface area contributed by atoms with E-state index in [1.165, 1.54) is 0 Å². The number of nitrogens with two attached hydrogens (primary N) is 2. The molecule has 2 heterocycles. The van der Waals surface area contributed by atoms with Gasteiger partial charge in [0.15, 0.2) is 5.96 Å². The zero-order valence-electron chi connectivity index (χ0n) is 13.9. The molecular weight excluding hydrogens is 312 g/mol. The minimum absolute atomic E-state index is 0.0116. The van der Waals surface area contributed by atoms with E-state index in [-0.39, 0.29) is 23.7 Å². The van der Waals surface area contributed by atoms with Crippen molar-refractivity contribution < 1.29 is 14.4 Å². The van der Waals surface area contributed by atoms with E-state index < -0.39 is 17.4 Å². The van der Waals surface area contributed by atoms with Crippen molar-refractivity contribution in [3.8, 4) is 0 Å². The molecule has 0 spiro atoms. The van der Waals surface area contributed by atoms with Gasteiger partial charge in [-0.1, -0.05) is 13.3 Å². The molecule has 2 saturated heterocycles. The number of carbonyl (C=O) groups excluding carboxylic acids is 3. The summed E-state index contributed by atoms with van der Waals surface area (Å²) in [4.78, 5) is 40.9. The molecule has 2 fully saturated rings. The van der Waals surface area contributed by atoms with Crippen LogP contribution in [0.2, 0.25) is 0 Å². The molecule has 0 aromatic rings. The number of imide groups is 1. The molecule has 9 nitrogen and oxygen atoms in total. The lowest BCUT2D eigenvalue weighted by Crippen LogP contribution is -2.59. The highest BCUT2D eigenvalue weighted by atomic mass is 16.2. The second-order valence-electron chi connectivity index (χ2n) is 6.31. The molecule has 3 amide bonds. The second-order valence-corrected chi connectivity index (χ2v) is 6.31. The first kappa shape index (κ1) is 18.2. The van der Waals surface area contributed by atoms with E-state index in [1.807, 2.05) is 6.92 Å². The largest absolute Gasteiger partial charge is 0.370 e. The molecule has 0 aliphatic carbocycles. The summed E-state index contributed by atoms with van der Waals surface area (Å²) in [5.41, 5.74) is 9.53. The van der Waals surface area contributed by atoms with Gasteiger partial charge in [0, 0.05) is 19.6 Å². The van der Waals surface area contributed by atoms with E-state index in [4.69, 9.17) is 11.5 Å². The van der Waals surface area contributed by atoms with Gasteiger partial charge in [0.25, 0.3) is 0 Å². The molecule has 7 N–H and O–H groups in total. The van der Waals surface area contributed by atoms with E-state index in [2.05, 4.69) is 20.9 Å². The van der Waals surface area contributed by atoms with Crippen LogP contribution in [0.1, 0.15) is 32.6 Å². The molecule has 0 saturated carbocycles. The quantitative estimate of drug-likeness (QED) is 0.152. The molecule has 134 valence electrons. The summed E-state index contributed by atoms with van der Waals surface area (Å²) in [6.07, 6.45) is 2.71. The maximum absolute atomic E-state index is 12.8. The van der Waals surface area contributed by atoms with E-state index in [1.54, 1.807) is 0 Å². The fourth-order valence-corrected chi connectivity index (χ4v) is 3.49. The fraction of sp³-hybridized carbons (Fsp3) is 0.733. The first-order chi connectivity index (χ1) is 11.4. The van der Waals surface area contributed by atoms with Crippen molar-refractivity contribution in [1.82, 2.24) is 16.0 Å². The predicted molar refractivity (Wildman–Crippen MR) is 88.7 cm³/mol. The number of amides is 3.